The summed E-state index contributed by atoms with van der Waals surface area (Å²) >= 11 is 0. The molecule has 7 heteroatoms. The Kier molecular flexibility index (Phi) is 5.48. The van der Waals surface area contributed by atoms with Crippen LogP contribution < -0.4 is 11.1 Å². The predicted molar refractivity (Wildman–Crippen MR) is 87.8 cm³/mol. The molecule has 23 heavy (non-hydrogen) atoms. The fourth-order valence-electron chi connectivity index (χ4n) is 2.30. The van der Waals surface area contributed by atoms with Crippen LogP contribution in [0.1, 0.15) is 11.1 Å². The van der Waals surface area contributed by atoms with Crippen molar-refractivity contribution < 1.29 is 9.59 Å². The number of carbonyl (C=O) groups excluding carboxylic acids is 2. The molecule has 0 atom stereocenters. The van der Waals surface area contributed by atoms with Crippen molar-refractivity contribution >= 4 is 17.6 Å². The number of rotatable bonds is 7. The second-order valence-electron chi connectivity index (χ2n) is 5.55. The van der Waals surface area contributed by atoms with Gasteiger partial charge >= 0.3 is 0 Å². The number of anilines is 1. The number of aromatic nitrogens is 2. The van der Waals surface area contributed by atoms with E-state index < -0.39 is 5.91 Å². The molecule has 2 rings (SSSR count). The van der Waals surface area contributed by atoms with E-state index in [1.165, 1.54) is 5.56 Å². The number of hydrogen-bond donors (Lipinski definition) is 2. The molecular formula is C16H21N5O2. The third kappa shape index (κ3) is 5.23. The first-order valence-corrected chi connectivity index (χ1v) is 7.28. The van der Waals surface area contributed by atoms with Gasteiger partial charge in [0.15, 0.2) is 0 Å². The van der Waals surface area contributed by atoms with Crippen molar-refractivity contribution in [3.05, 3.63) is 47.7 Å². The van der Waals surface area contributed by atoms with Crippen LogP contribution in [0.5, 0.6) is 0 Å². The number of nitrogens with two attached hydrogens (primary N) is 1. The lowest BCUT2D eigenvalue weighted by atomic mass is 10.1. The quantitative estimate of drug-likeness (QED) is 0.782. The van der Waals surface area contributed by atoms with Gasteiger partial charge in [0, 0.05) is 6.07 Å². The first kappa shape index (κ1) is 16.7. The Morgan fingerprint density at radius 2 is 2.09 bits per heavy atom. The molecule has 2 amide bonds. The molecule has 0 aliphatic carbocycles. The van der Waals surface area contributed by atoms with Crippen molar-refractivity contribution in [1.82, 2.24) is 14.7 Å². The van der Waals surface area contributed by atoms with E-state index in [1.54, 1.807) is 28.9 Å². The van der Waals surface area contributed by atoms with Gasteiger partial charge in [0.1, 0.15) is 5.82 Å². The molecule has 0 bridgehead atoms. The minimum atomic E-state index is -0.468. The van der Waals surface area contributed by atoms with Gasteiger partial charge < -0.3 is 11.1 Å². The second-order valence-corrected chi connectivity index (χ2v) is 5.55. The Balaban J connectivity index is 1.98. The number of amides is 2. The van der Waals surface area contributed by atoms with Gasteiger partial charge in [-0.1, -0.05) is 29.8 Å². The van der Waals surface area contributed by atoms with E-state index >= 15 is 0 Å². The number of hydrogen-bond acceptors (Lipinski definition) is 4. The van der Waals surface area contributed by atoms with E-state index in [2.05, 4.69) is 16.5 Å². The summed E-state index contributed by atoms with van der Waals surface area (Å²) < 4.78 is 1.72. The lowest BCUT2D eigenvalue weighted by Gasteiger charge is -2.14. The second kappa shape index (κ2) is 7.55. The number of nitrogens with one attached hydrogen (secondary N) is 1. The minimum Gasteiger partial charge on any atom is -0.369 e. The maximum absolute atomic E-state index is 12.0. The smallest absolute Gasteiger partial charge is 0.239 e. The number of nitrogens with zero attached hydrogens (tertiary/aromatic N) is 3. The van der Waals surface area contributed by atoms with Crippen molar-refractivity contribution in [2.75, 3.05) is 25.5 Å². The zero-order valence-corrected chi connectivity index (χ0v) is 13.3. The largest absolute Gasteiger partial charge is 0.369 e. The van der Waals surface area contributed by atoms with Crippen molar-refractivity contribution in [3.8, 4) is 0 Å². The molecule has 3 N–H and O–H groups in total. The highest BCUT2D eigenvalue weighted by atomic mass is 16.2. The minimum absolute atomic E-state index is 0.0377. The van der Waals surface area contributed by atoms with Crippen LogP contribution in [0.2, 0.25) is 0 Å². The maximum Gasteiger partial charge on any atom is 0.239 e. The molecule has 0 aliphatic heterocycles. The summed E-state index contributed by atoms with van der Waals surface area (Å²) in [5.41, 5.74) is 7.38. The van der Waals surface area contributed by atoms with E-state index in [4.69, 9.17) is 5.73 Å². The van der Waals surface area contributed by atoms with Gasteiger partial charge in [0.05, 0.1) is 25.8 Å². The van der Waals surface area contributed by atoms with E-state index in [-0.39, 0.29) is 19.0 Å². The first-order chi connectivity index (χ1) is 10.9. The Bertz CT molecular complexity index is 695. The normalized spacial score (nSPS) is 10.7. The van der Waals surface area contributed by atoms with E-state index in [9.17, 15) is 9.59 Å². The van der Waals surface area contributed by atoms with Crippen LogP contribution in [0.3, 0.4) is 0 Å². The van der Waals surface area contributed by atoms with Crippen molar-refractivity contribution in [3.63, 3.8) is 0 Å². The number of carbonyl (C=O) groups is 2. The van der Waals surface area contributed by atoms with E-state index in [1.807, 2.05) is 25.1 Å². The molecule has 0 aliphatic rings. The summed E-state index contributed by atoms with van der Waals surface area (Å²) in [5, 5.41) is 7.03. The summed E-state index contributed by atoms with van der Waals surface area (Å²) in [5.74, 6) is -0.0755. The maximum atomic E-state index is 12.0. The van der Waals surface area contributed by atoms with Crippen LogP contribution >= 0.6 is 0 Å². The highest BCUT2D eigenvalue weighted by molar-refractivity contribution is 5.91. The Morgan fingerprint density at radius 1 is 1.30 bits per heavy atom. The number of aryl methyl sites for hydroxylation is 1. The van der Waals surface area contributed by atoms with Crippen LogP contribution in [0.25, 0.3) is 0 Å². The fourth-order valence-corrected chi connectivity index (χ4v) is 2.30. The number of benzene rings is 1. The lowest BCUT2D eigenvalue weighted by molar-refractivity contribution is -0.120. The zero-order chi connectivity index (χ0) is 16.8. The van der Waals surface area contributed by atoms with Gasteiger partial charge in [-0.05, 0) is 19.5 Å². The molecule has 1 aromatic carbocycles. The molecule has 0 spiro atoms. The SMILES string of the molecule is Cc1cccc(Cn2nccc2NC(=O)CN(C)CC(N)=O)c1. The third-order valence-electron chi connectivity index (χ3n) is 3.24. The third-order valence-corrected chi connectivity index (χ3v) is 3.24. The van der Waals surface area contributed by atoms with Crippen molar-refractivity contribution in [2.24, 2.45) is 5.73 Å². The van der Waals surface area contributed by atoms with Gasteiger partial charge in [-0.15, -0.1) is 0 Å². The van der Waals surface area contributed by atoms with Crippen LogP contribution in [0.15, 0.2) is 36.5 Å². The van der Waals surface area contributed by atoms with Gasteiger partial charge in [0.25, 0.3) is 0 Å². The van der Waals surface area contributed by atoms with Crippen LogP contribution in [0.4, 0.5) is 5.82 Å². The van der Waals surface area contributed by atoms with Crippen LogP contribution in [-0.4, -0.2) is 46.6 Å². The standard InChI is InChI=1S/C16H21N5O2/c1-12-4-3-5-13(8-12)9-21-15(6-7-18-21)19-16(23)11-20(2)10-14(17)22/h3-8H,9-11H2,1-2H3,(H2,17,22)(H,19,23). The fraction of sp³-hybridized carbons (Fsp3) is 0.312. The first-order valence-electron chi connectivity index (χ1n) is 7.28. The van der Waals surface area contributed by atoms with Gasteiger partial charge in [-0.3, -0.25) is 14.5 Å². The average molecular weight is 315 g/mol. The molecule has 122 valence electrons. The van der Waals surface area contributed by atoms with Gasteiger partial charge in [-0.2, -0.15) is 5.10 Å². The molecular weight excluding hydrogens is 294 g/mol. The highest BCUT2D eigenvalue weighted by Gasteiger charge is 2.11. The lowest BCUT2D eigenvalue weighted by Crippen LogP contribution is -2.36. The molecule has 0 radical (unpaired) electrons. The van der Waals surface area contributed by atoms with E-state index in [0.717, 1.165) is 5.56 Å². The monoisotopic (exact) mass is 315 g/mol. The molecule has 1 aromatic heterocycles. The van der Waals surface area contributed by atoms with Gasteiger partial charge in [0.2, 0.25) is 11.8 Å². The summed E-state index contributed by atoms with van der Waals surface area (Å²) in [6.07, 6.45) is 1.64. The Labute approximate surface area is 135 Å². The summed E-state index contributed by atoms with van der Waals surface area (Å²) in [7, 11) is 1.66. The van der Waals surface area contributed by atoms with Crippen LogP contribution in [-0.2, 0) is 16.1 Å². The molecule has 0 saturated carbocycles. The molecule has 0 saturated heterocycles. The zero-order valence-electron chi connectivity index (χ0n) is 13.3. The van der Waals surface area contributed by atoms with E-state index in [0.29, 0.717) is 12.4 Å². The number of primary amides is 1. The summed E-state index contributed by atoms with van der Waals surface area (Å²) in [4.78, 5) is 24.4. The molecule has 2 aromatic rings. The summed E-state index contributed by atoms with van der Waals surface area (Å²) in [6.45, 7) is 2.72. The number of likely N-dealkylation sites (N-methyl/N-ethyl adjacent to an activating group) is 1. The Hall–Kier alpha value is -2.67. The highest BCUT2D eigenvalue weighted by Crippen LogP contribution is 2.11. The Morgan fingerprint density at radius 3 is 2.78 bits per heavy atom. The van der Waals surface area contributed by atoms with Crippen LogP contribution in [0, 0.1) is 6.92 Å². The molecule has 1 heterocycles. The van der Waals surface area contributed by atoms with Crippen molar-refractivity contribution in [2.45, 2.75) is 13.5 Å². The van der Waals surface area contributed by atoms with Gasteiger partial charge in [-0.25, -0.2) is 4.68 Å². The predicted octanol–water partition coefficient (Wildman–Crippen LogP) is 0.595. The molecule has 0 unspecified atom stereocenters. The van der Waals surface area contributed by atoms with Crippen molar-refractivity contribution in [1.29, 1.82) is 0 Å². The summed E-state index contributed by atoms with van der Waals surface area (Å²) in [6, 6.07) is 9.85. The molecule has 7 nitrogen and oxygen atoms in total. The molecule has 0 fully saturated rings. The average Bonchev–Trinajstić information content (AvgIpc) is 2.84. The topological polar surface area (TPSA) is 93.2 Å².